The summed E-state index contributed by atoms with van der Waals surface area (Å²) in [5.41, 5.74) is -5.07. The molecule has 0 saturated heterocycles. The summed E-state index contributed by atoms with van der Waals surface area (Å²) in [6.07, 6.45) is 0.612. The molecule has 0 fully saturated rings. The Balaban J connectivity index is 3.13. The van der Waals surface area contributed by atoms with Crippen LogP contribution in [0.2, 0.25) is 0 Å². The second kappa shape index (κ2) is 5.71. The van der Waals surface area contributed by atoms with Crippen LogP contribution in [0.5, 0.6) is 5.75 Å². The van der Waals surface area contributed by atoms with Crippen molar-refractivity contribution in [1.29, 1.82) is 5.26 Å². The first-order valence-corrected chi connectivity index (χ1v) is 7.01. The second-order valence-electron chi connectivity index (χ2n) is 4.52. The minimum absolute atomic E-state index is 0.254. The summed E-state index contributed by atoms with van der Waals surface area (Å²) in [4.78, 5) is 0. The number of halogens is 3. The van der Waals surface area contributed by atoms with Crippen molar-refractivity contribution >= 4 is 10.1 Å². The standard InChI is InChI=1S/C12H12F3NO3S/c1-8(2)5-9-3-4-11(10(6-9)7-16)19-20(17,18)12(13,14)15/h3-4,6,8H,5H2,1-2H3. The van der Waals surface area contributed by atoms with Gasteiger partial charge in [-0.1, -0.05) is 19.9 Å². The smallest absolute Gasteiger partial charge is 0.375 e. The topological polar surface area (TPSA) is 67.2 Å². The van der Waals surface area contributed by atoms with Gasteiger partial charge in [0, 0.05) is 0 Å². The fraction of sp³-hybridized carbons (Fsp3) is 0.417. The molecule has 0 bridgehead atoms. The Morgan fingerprint density at radius 1 is 1.35 bits per heavy atom. The quantitative estimate of drug-likeness (QED) is 0.633. The van der Waals surface area contributed by atoms with Crippen LogP contribution >= 0.6 is 0 Å². The van der Waals surface area contributed by atoms with Crippen LogP contribution in [0, 0.1) is 17.2 Å². The largest absolute Gasteiger partial charge is 0.534 e. The number of hydrogen-bond acceptors (Lipinski definition) is 4. The lowest BCUT2D eigenvalue weighted by atomic mass is 10.0. The van der Waals surface area contributed by atoms with E-state index in [0.29, 0.717) is 12.0 Å². The van der Waals surface area contributed by atoms with Gasteiger partial charge in [0.2, 0.25) is 0 Å². The van der Waals surface area contributed by atoms with Crippen LogP contribution < -0.4 is 4.18 Å². The minimum atomic E-state index is -5.77. The third-order valence-corrected chi connectivity index (χ3v) is 3.26. The van der Waals surface area contributed by atoms with E-state index in [1.54, 1.807) is 6.07 Å². The zero-order chi connectivity index (χ0) is 15.6. The average molecular weight is 307 g/mol. The van der Waals surface area contributed by atoms with Gasteiger partial charge in [-0.3, -0.25) is 0 Å². The predicted molar refractivity (Wildman–Crippen MR) is 65.3 cm³/mol. The highest BCUT2D eigenvalue weighted by molar-refractivity contribution is 7.88. The molecule has 4 nitrogen and oxygen atoms in total. The number of alkyl halides is 3. The molecule has 8 heteroatoms. The van der Waals surface area contributed by atoms with E-state index in [-0.39, 0.29) is 11.5 Å². The van der Waals surface area contributed by atoms with Crippen molar-refractivity contribution in [2.45, 2.75) is 25.8 Å². The molecular formula is C12H12F3NO3S. The molecule has 0 aromatic heterocycles. The van der Waals surface area contributed by atoms with E-state index in [1.807, 2.05) is 13.8 Å². The van der Waals surface area contributed by atoms with Gasteiger partial charge in [-0.2, -0.15) is 26.9 Å². The summed E-state index contributed by atoms with van der Waals surface area (Å²) < 4.78 is 62.4. The van der Waals surface area contributed by atoms with Crippen LogP contribution in [0.15, 0.2) is 18.2 Å². The van der Waals surface area contributed by atoms with Gasteiger partial charge >= 0.3 is 15.6 Å². The average Bonchev–Trinajstić information content (AvgIpc) is 2.28. The number of nitrogens with zero attached hydrogens (tertiary/aromatic N) is 1. The molecule has 0 aliphatic heterocycles. The van der Waals surface area contributed by atoms with Gasteiger partial charge in [-0.15, -0.1) is 0 Å². The number of rotatable bonds is 4. The molecule has 20 heavy (non-hydrogen) atoms. The summed E-state index contributed by atoms with van der Waals surface area (Å²) in [6, 6.07) is 5.43. The normalized spacial score (nSPS) is 12.2. The molecule has 0 atom stereocenters. The van der Waals surface area contributed by atoms with Gasteiger partial charge in [0.15, 0.2) is 5.75 Å². The highest BCUT2D eigenvalue weighted by Crippen LogP contribution is 2.29. The Kier molecular flexibility index (Phi) is 4.65. The summed E-state index contributed by atoms with van der Waals surface area (Å²) in [5.74, 6) is -0.343. The Bertz CT molecular complexity index is 630. The predicted octanol–water partition coefficient (Wildman–Crippen LogP) is 2.99. The zero-order valence-corrected chi connectivity index (χ0v) is 11.5. The molecule has 1 rings (SSSR count). The molecule has 0 aliphatic rings. The molecule has 1 aromatic rings. The van der Waals surface area contributed by atoms with Crippen LogP contribution in [0.25, 0.3) is 0 Å². The molecule has 0 aliphatic carbocycles. The minimum Gasteiger partial charge on any atom is -0.375 e. The van der Waals surface area contributed by atoms with Crippen molar-refractivity contribution in [2.24, 2.45) is 5.92 Å². The molecule has 0 saturated carbocycles. The van der Waals surface area contributed by atoms with Gasteiger partial charge in [-0.25, -0.2) is 0 Å². The molecule has 0 spiro atoms. The Morgan fingerprint density at radius 3 is 2.40 bits per heavy atom. The highest BCUT2D eigenvalue weighted by Gasteiger charge is 2.48. The first kappa shape index (κ1) is 16.3. The van der Waals surface area contributed by atoms with E-state index in [1.165, 1.54) is 12.1 Å². The molecule has 0 radical (unpaired) electrons. The lowest BCUT2D eigenvalue weighted by Crippen LogP contribution is -2.28. The number of nitriles is 1. The Morgan fingerprint density at radius 2 is 1.95 bits per heavy atom. The van der Waals surface area contributed by atoms with Gasteiger partial charge in [0.05, 0.1) is 5.56 Å². The maximum absolute atomic E-state index is 12.2. The lowest BCUT2D eigenvalue weighted by Gasteiger charge is -2.12. The van der Waals surface area contributed by atoms with E-state index in [9.17, 15) is 21.6 Å². The highest BCUT2D eigenvalue weighted by atomic mass is 32.2. The monoisotopic (exact) mass is 307 g/mol. The van der Waals surface area contributed by atoms with Gasteiger partial charge < -0.3 is 4.18 Å². The summed E-state index contributed by atoms with van der Waals surface area (Å²) in [5, 5.41) is 8.87. The Hall–Kier alpha value is -1.75. The van der Waals surface area contributed by atoms with Gasteiger partial charge in [0.25, 0.3) is 0 Å². The van der Waals surface area contributed by atoms with Gasteiger partial charge in [0.1, 0.15) is 6.07 Å². The summed E-state index contributed by atoms with van der Waals surface area (Å²) in [6.45, 7) is 3.87. The van der Waals surface area contributed by atoms with E-state index in [2.05, 4.69) is 4.18 Å². The fourth-order valence-electron chi connectivity index (χ4n) is 1.50. The van der Waals surface area contributed by atoms with E-state index in [0.717, 1.165) is 6.07 Å². The third kappa shape index (κ3) is 3.87. The molecule has 0 unspecified atom stereocenters. The number of benzene rings is 1. The van der Waals surface area contributed by atoms with E-state index < -0.39 is 21.4 Å². The molecular weight excluding hydrogens is 295 g/mol. The van der Waals surface area contributed by atoms with Crippen LogP contribution in [0.1, 0.15) is 25.0 Å². The lowest BCUT2D eigenvalue weighted by molar-refractivity contribution is -0.0500. The molecule has 0 amide bonds. The third-order valence-electron chi connectivity index (χ3n) is 2.29. The van der Waals surface area contributed by atoms with Crippen molar-refractivity contribution in [2.75, 3.05) is 0 Å². The summed E-state index contributed by atoms with van der Waals surface area (Å²) in [7, 11) is -5.77. The van der Waals surface area contributed by atoms with Crippen molar-refractivity contribution in [3.8, 4) is 11.8 Å². The zero-order valence-electron chi connectivity index (χ0n) is 10.7. The molecule has 1 aromatic carbocycles. The second-order valence-corrected chi connectivity index (χ2v) is 6.06. The van der Waals surface area contributed by atoms with Crippen LogP contribution in [0.3, 0.4) is 0 Å². The van der Waals surface area contributed by atoms with E-state index in [4.69, 9.17) is 5.26 Å². The maximum Gasteiger partial charge on any atom is 0.534 e. The number of hydrogen-bond donors (Lipinski definition) is 0. The first-order chi connectivity index (χ1) is 9.06. The Labute approximate surface area is 114 Å². The fourth-order valence-corrected chi connectivity index (χ4v) is 1.98. The van der Waals surface area contributed by atoms with Crippen molar-refractivity contribution in [1.82, 2.24) is 0 Å². The van der Waals surface area contributed by atoms with Crippen LogP contribution in [0.4, 0.5) is 13.2 Å². The first-order valence-electron chi connectivity index (χ1n) is 5.60. The molecule has 0 N–H and O–H groups in total. The molecule has 110 valence electrons. The van der Waals surface area contributed by atoms with Crippen LogP contribution in [-0.4, -0.2) is 13.9 Å². The maximum atomic E-state index is 12.2. The SMILES string of the molecule is CC(C)Cc1ccc(OS(=O)(=O)C(F)(F)F)c(C#N)c1. The molecule has 0 heterocycles. The van der Waals surface area contributed by atoms with Crippen LogP contribution in [-0.2, 0) is 16.5 Å². The van der Waals surface area contributed by atoms with Gasteiger partial charge in [-0.05, 0) is 30.0 Å². The van der Waals surface area contributed by atoms with Crippen molar-refractivity contribution in [3.05, 3.63) is 29.3 Å². The summed E-state index contributed by atoms with van der Waals surface area (Å²) >= 11 is 0. The van der Waals surface area contributed by atoms with Crippen molar-refractivity contribution < 1.29 is 25.8 Å². The van der Waals surface area contributed by atoms with Crippen molar-refractivity contribution in [3.63, 3.8) is 0 Å². The van der Waals surface area contributed by atoms with E-state index >= 15 is 0 Å².